The lowest BCUT2D eigenvalue weighted by molar-refractivity contribution is -0.141. The van der Waals surface area contributed by atoms with Crippen molar-refractivity contribution in [2.45, 2.75) is 30.1 Å². The summed E-state index contributed by atoms with van der Waals surface area (Å²) < 4.78 is 4.80. The molecule has 1 aromatic rings. The fourth-order valence-corrected chi connectivity index (χ4v) is 5.64. The van der Waals surface area contributed by atoms with E-state index < -0.39 is 0 Å². The molecule has 1 unspecified atom stereocenters. The van der Waals surface area contributed by atoms with Crippen LogP contribution in [0.15, 0.2) is 29.2 Å². The lowest BCUT2D eigenvalue weighted by Crippen LogP contribution is -2.14. The first kappa shape index (κ1) is 14.3. The van der Waals surface area contributed by atoms with Crippen LogP contribution in [0.4, 0.5) is 0 Å². The van der Waals surface area contributed by atoms with Crippen molar-refractivity contribution in [2.24, 2.45) is 5.41 Å². The van der Waals surface area contributed by atoms with Gasteiger partial charge in [-0.3, -0.25) is 4.79 Å². The third-order valence-electron chi connectivity index (χ3n) is 4.23. The molecule has 20 heavy (non-hydrogen) atoms. The van der Waals surface area contributed by atoms with Gasteiger partial charge in [0.05, 0.1) is 13.5 Å². The summed E-state index contributed by atoms with van der Waals surface area (Å²) in [6.07, 6.45) is 2.97. The fraction of sp³-hybridized carbons (Fsp3) is 0.562. The number of ether oxygens (including phenoxy) is 1. The van der Waals surface area contributed by atoms with Gasteiger partial charge in [0.2, 0.25) is 0 Å². The first-order chi connectivity index (χ1) is 9.72. The van der Waals surface area contributed by atoms with E-state index in [9.17, 15) is 4.79 Å². The lowest BCUT2D eigenvalue weighted by atomic mass is 10.0. The van der Waals surface area contributed by atoms with Crippen molar-refractivity contribution >= 4 is 29.5 Å². The predicted octanol–water partition coefficient (Wildman–Crippen LogP) is 3.95. The van der Waals surface area contributed by atoms with Crippen LogP contribution in [-0.4, -0.2) is 30.3 Å². The number of hydrogen-bond donors (Lipinski definition) is 0. The summed E-state index contributed by atoms with van der Waals surface area (Å²) in [4.78, 5) is 12.9. The van der Waals surface area contributed by atoms with Crippen molar-refractivity contribution in [3.05, 3.63) is 29.8 Å². The largest absolute Gasteiger partial charge is 0.469 e. The molecule has 1 aromatic carbocycles. The van der Waals surface area contributed by atoms with Gasteiger partial charge >= 0.3 is 5.97 Å². The average molecular weight is 308 g/mol. The van der Waals surface area contributed by atoms with Crippen molar-refractivity contribution in [3.63, 3.8) is 0 Å². The molecule has 1 heterocycles. The summed E-state index contributed by atoms with van der Waals surface area (Å²) in [7, 11) is 1.48. The number of rotatable bonds is 6. The maximum Gasteiger partial charge on any atom is 0.306 e. The number of methoxy groups -OCH3 is 1. The highest BCUT2D eigenvalue weighted by Gasteiger charge is 2.44. The number of benzene rings is 1. The third-order valence-corrected chi connectivity index (χ3v) is 6.94. The van der Waals surface area contributed by atoms with Gasteiger partial charge < -0.3 is 4.74 Å². The minimum atomic E-state index is -0.0510. The quantitative estimate of drug-likeness (QED) is 0.743. The summed E-state index contributed by atoms with van der Waals surface area (Å²) in [5, 5.41) is 0. The molecule has 0 saturated heterocycles. The standard InChI is InChI=1S/C16H20O2S2/c1-18-15(17)8-16(6-7-16)11-19-9-12-10-20-14-5-3-2-4-13(12)14/h2-5,12H,6-11H2,1H3. The van der Waals surface area contributed by atoms with E-state index in [0.717, 1.165) is 5.75 Å². The number of carbonyl (C=O) groups is 1. The Morgan fingerprint density at radius 3 is 3.00 bits per heavy atom. The Hall–Kier alpha value is -0.610. The minimum Gasteiger partial charge on any atom is -0.469 e. The van der Waals surface area contributed by atoms with Crippen LogP contribution in [0.3, 0.4) is 0 Å². The van der Waals surface area contributed by atoms with Gasteiger partial charge in [0.15, 0.2) is 0 Å². The van der Waals surface area contributed by atoms with Crippen LogP contribution in [0, 0.1) is 5.41 Å². The van der Waals surface area contributed by atoms with E-state index in [4.69, 9.17) is 4.74 Å². The molecule has 1 atom stereocenters. The van der Waals surface area contributed by atoms with E-state index in [1.165, 1.54) is 41.9 Å². The molecule has 3 rings (SSSR count). The number of hydrogen-bond acceptors (Lipinski definition) is 4. The van der Waals surface area contributed by atoms with Crippen LogP contribution in [-0.2, 0) is 9.53 Å². The Balaban J connectivity index is 1.48. The van der Waals surface area contributed by atoms with E-state index in [2.05, 4.69) is 24.3 Å². The van der Waals surface area contributed by atoms with Gasteiger partial charge in [-0.15, -0.1) is 11.8 Å². The molecule has 0 amide bonds. The Bertz CT molecular complexity index is 497. The zero-order chi connectivity index (χ0) is 14.0. The van der Waals surface area contributed by atoms with Crippen LogP contribution in [0.2, 0.25) is 0 Å². The third kappa shape index (κ3) is 3.17. The van der Waals surface area contributed by atoms with Crippen molar-refractivity contribution in [2.75, 3.05) is 24.4 Å². The van der Waals surface area contributed by atoms with Crippen molar-refractivity contribution in [1.29, 1.82) is 0 Å². The minimum absolute atomic E-state index is 0.0510. The van der Waals surface area contributed by atoms with E-state index in [-0.39, 0.29) is 11.4 Å². The van der Waals surface area contributed by atoms with Gasteiger partial charge in [0.1, 0.15) is 0 Å². The van der Waals surface area contributed by atoms with Crippen LogP contribution >= 0.6 is 23.5 Å². The number of carbonyl (C=O) groups excluding carboxylic acids is 1. The van der Waals surface area contributed by atoms with Crippen molar-refractivity contribution in [1.82, 2.24) is 0 Å². The smallest absolute Gasteiger partial charge is 0.306 e. The summed E-state index contributed by atoms with van der Waals surface area (Å²) >= 11 is 3.99. The molecule has 0 bridgehead atoms. The lowest BCUT2D eigenvalue weighted by Gasteiger charge is -2.15. The van der Waals surface area contributed by atoms with Crippen LogP contribution in [0.25, 0.3) is 0 Å². The molecule has 1 aliphatic carbocycles. The molecule has 1 saturated carbocycles. The highest BCUT2D eigenvalue weighted by molar-refractivity contribution is 8.00. The number of esters is 1. The molecular weight excluding hydrogens is 288 g/mol. The SMILES string of the molecule is COC(=O)CC1(CSCC2CSc3ccccc32)CC1. The van der Waals surface area contributed by atoms with E-state index in [1.807, 2.05) is 23.5 Å². The molecule has 0 N–H and O–H groups in total. The monoisotopic (exact) mass is 308 g/mol. The summed E-state index contributed by atoms with van der Waals surface area (Å²) in [5.74, 6) is 4.11. The topological polar surface area (TPSA) is 26.3 Å². The molecule has 1 aliphatic heterocycles. The van der Waals surface area contributed by atoms with Crippen molar-refractivity contribution in [3.8, 4) is 0 Å². The Labute approximate surface area is 129 Å². The van der Waals surface area contributed by atoms with Gasteiger partial charge in [-0.05, 0) is 35.6 Å². The molecule has 0 aromatic heterocycles. The van der Waals surface area contributed by atoms with Crippen LogP contribution in [0.5, 0.6) is 0 Å². The van der Waals surface area contributed by atoms with Gasteiger partial charge in [0, 0.05) is 22.3 Å². The highest BCUT2D eigenvalue weighted by Crippen LogP contribution is 2.52. The Morgan fingerprint density at radius 1 is 1.45 bits per heavy atom. The van der Waals surface area contributed by atoms with Crippen LogP contribution < -0.4 is 0 Å². The van der Waals surface area contributed by atoms with E-state index in [0.29, 0.717) is 12.3 Å². The second-order valence-corrected chi connectivity index (χ2v) is 7.91. The maximum absolute atomic E-state index is 11.4. The second-order valence-electron chi connectivity index (χ2n) is 5.81. The number of fused-ring (bicyclic) bond motifs is 1. The van der Waals surface area contributed by atoms with Gasteiger partial charge in [-0.25, -0.2) is 0 Å². The molecular formula is C16H20O2S2. The van der Waals surface area contributed by atoms with Crippen molar-refractivity contribution < 1.29 is 9.53 Å². The average Bonchev–Trinajstić information content (AvgIpc) is 3.10. The molecule has 2 aliphatic rings. The Kier molecular flexibility index (Phi) is 4.32. The number of thioether (sulfide) groups is 2. The second kappa shape index (κ2) is 6.02. The van der Waals surface area contributed by atoms with Gasteiger partial charge in [-0.1, -0.05) is 18.2 Å². The molecule has 108 valence electrons. The van der Waals surface area contributed by atoms with Crippen LogP contribution in [0.1, 0.15) is 30.7 Å². The summed E-state index contributed by atoms with van der Waals surface area (Å²) in [5.41, 5.74) is 1.77. The molecule has 1 fully saturated rings. The van der Waals surface area contributed by atoms with Gasteiger partial charge in [-0.2, -0.15) is 11.8 Å². The zero-order valence-electron chi connectivity index (χ0n) is 11.8. The van der Waals surface area contributed by atoms with Gasteiger partial charge in [0.25, 0.3) is 0 Å². The first-order valence-corrected chi connectivity index (χ1v) is 9.23. The maximum atomic E-state index is 11.4. The normalized spacial score (nSPS) is 22.4. The summed E-state index contributed by atoms with van der Waals surface area (Å²) in [6.45, 7) is 0. The van der Waals surface area contributed by atoms with E-state index in [1.54, 1.807) is 0 Å². The first-order valence-electron chi connectivity index (χ1n) is 7.09. The molecule has 4 heteroatoms. The predicted molar refractivity (Wildman–Crippen MR) is 85.5 cm³/mol. The Morgan fingerprint density at radius 2 is 2.25 bits per heavy atom. The summed E-state index contributed by atoms with van der Waals surface area (Å²) in [6, 6.07) is 8.76. The van der Waals surface area contributed by atoms with E-state index >= 15 is 0 Å². The molecule has 0 spiro atoms. The molecule has 2 nitrogen and oxygen atoms in total. The highest BCUT2D eigenvalue weighted by atomic mass is 32.2. The fourth-order valence-electron chi connectivity index (χ4n) is 2.71. The molecule has 0 radical (unpaired) electrons. The zero-order valence-corrected chi connectivity index (χ0v) is 13.4.